The fourth-order valence-corrected chi connectivity index (χ4v) is 14.0. The number of quaternary nitrogens is 1. The van der Waals surface area contributed by atoms with E-state index in [1.54, 1.807) is 12.1 Å². The molecule has 0 aliphatic carbocycles. The van der Waals surface area contributed by atoms with Crippen molar-refractivity contribution in [3.63, 3.8) is 0 Å². The second-order valence-electron chi connectivity index (χ2n) is 24.4. The summed E-state index contributed by atoms with van der Waals surface area (Å²) in [6.07, 6.45) is 38.9. The van der Waals surface area contributed by atoms with Crippen molar-refractivity contribution in [2.75, 3.05) is 13.1 Å². The zero-order chi connectivity index (χ0) is 67.8. The van der Waals surface area contributed by atoms with Gasteiger partial charge in [-0.3, -0.25) is 10.1 Å². The minimum absolute atomic E-state index is 0.165. The van der Waals surface area contributed by atoms with E-state index in [0.717, 1.165) is 31.3 Å². The fraction of sp³-hybridized carbons (Fsp3) is 0.571. The molecule has 0 heterocycles. The highest BCUT2D eigenvalue weighted by atomic mass is 27.2. The molecule has 1 N–H and O–H groups in total. The van der Waals surface area contributed by atoms with Crippen molar-refractivity contribution in [1.29, 1.82) is 0 Å². The Hall–Kier alpha value is -5.19. The number of unbranched alkanes of at least 4 members (excludes halogenated alkanes) is 30. The number of benzene rings is 5. The Kier molecular flexibility index (Phi) is 36.4. The van der Waals surface area contributed by atoms with Gasteiger partial charge in [-0.1, -0.05) is 236 Å². The monoisotopic (exact) mass is 1330 g/mol. The van der Waals surface area contributed by atoms with Gasteiger partial charge in [0.1, 0.15) is 46.7 Å². The largest absolute Gasteiger partial charge is 0.645 e. The summed E-state index contributed by atoms with van der Waals surface area (Å²) in [6.45, 7) is 9.94. The fourth-order valence-electron chi connectivity index (χ4n) is 12.5. The molecule has 0 saturated carbocycles. The SMILES string of the molecule is CCCCCCCCCCCCCCCCCC[NH+](CCCCCCCCCCCCCCCCCC)c1ccc([N+](=O)[O-])cc1.C[CH2][Al]([CH2]C)[O]c1ccccc1[B-](c1c(F)c(F)c(F)c(F)c1F)(c1c(F)c(F)c(F)c(F)c1F)c1c(F)c(F)c(F)c(F)c1F. The minimum Gasteiger partial charge on any atom is -0.645 e. The van der Waals surface area contributed by atoms with Crippen molar-refractivity contribution < 1.29 is 79.5 Å². The summed E-state index contributed by atoms with van der Waals surface area (Å²) in [4.78, 5) is 12.4. The number of hydrogen-bond donors (Lipinski definition) is 1. The summed E-state index contributed by atoms with van der Waals surface area (Å²) in [7, 11) is 0. The molecule has 0 unspecified atom stereocenters. The molecule has 0 spiro atoms. The Morgan fingerprint density at radius 1 is 0.359 bits per heavy atom. The number of nitrogens with one attached hydrogen (secondary N) is 1. The van der Waals surface area contributed by atoms with Gasteiger partial charge in [-0.2, -0.15) is 5.46 Å². The highest BCUT2D eigenvalue weighted by Gasteiger charge is 2.50. The first kappa shape index (κ1) is 79.2. The molecular weight excluding hydrogens is 1240 g/mol. The molecule has 0 bridgehead atoms. The van der Waals surface area contributed by atoms with Crippen LogP contribution in [-0.2, 0) is 0 Å². The summed E-state index contributed by atoms with van der Waals surface area (Å²) in [5.41, 5.74) is -8.14. The molecule has 0 aromatic heterocycles. The lowest BCUT2D eigenvalue weighted by Crippen LogP contribution is -3.07. The molecule has 22 heteroatoms. The number of rotatable bonds is 44. The lowest BCUT2D eigenvalue weighted by Gasteiger charge is -2.45. The molecule has 0 aliphatic heterocycles. The van der Waals surface area contributed by atoms with Gasteiger partial charge < -0.3 is 8.69 Å². The van der Waals surface area contributed by atoms with Crippen molar-refractivity contribution in [3.05, 3.63) is 146 Å². The highest BCUT2D eigenvalue weighted by Crippen LogP contribution is 2.31. The topological polar surface area (TPSA) is 56.8 Å². The zero-order valence-corrected chi connectivity index (χ0v) is 55.2. The van der Waals surface area contributed by atoms with E-state index in [1.807, 2.05) is 12.1 Å². The predicted octanol–water partition coefficient (Wildman–Crippen LogP) is 20.2. The van der Waals surface area contributed by atoms with E-state index in [2.05, 4.69) is 13.8 Å². The van der Waals surface area contributed by atoms with Crippen LogP contribution in [0.3, 0.4) is 0 Å². The zero-order valence-electron chi connectivity index (χ0n) is 54.1. The molecule has 5 aromatic rings. The smallest absolute Gasteiger partial charge is 0.546 e. The maximum Gasteiger partial charge on any atom is 0.546 e. The van der Waals surface area contributed by atoms with Crippen LogP contribution in [0.4, 0.5) is 77.2 Å². The van der Waals surface area contributed by atoms with E-state index in [0.29, 0.717) is 6.07 Å². The van der Waals surface area contributed by atoms with Crippen molar-refractivity contribution in [2.24, 2.45) is 0 Å². The van der Waals surface area contributed by atoms with Crippen molar-refractivity contribution >= 4 is 53.9 Å². The van der Waals surface area contributed by atoms with E-state index in [9.17, 15) is 49.6 Å². The van der Waals surface area contributed by atoms with E-state index in [-0.39, 0.29) is 21.2 Å². The second-order valence-corrected chi connectivity index (χ2v) is 27.5. The lowest BCUT2D eigenvalue weighted by molar-refractivity contribution is -0.833. The van der Waals surface area contributed by atoms with Gasteiger partial charge in [0.2, 0.25) is 0 Å². The van der Waals surface area contributed by atoms with Crippen molar-refractivity contribution in [3.8, 4) is 5.75 Å². The quantitative estimate of drug-likeness (QED) is 0.00804. The third kappa shape index (κ3) is 22.2. The Morgan fingerprint density at radius 3 is 0.870 bits per heavy atom. The molecule has 0 atom stereocenters. The van der Waals surface area contributed by atoms with Gasteiger partial charge in [0.05, 0.1) is 18.0 Å². The summed E-state index contributed by atoms with van der Waals surface area (Å²) in [6, 6.07) is 10.3. The van der Waals surface area contributed by atoms with Crippen LogP contribution < -0.4 is 30.5 Å². The third-order valence-electron chi connectivity index (χ3n) is 17.8. The van der Waals surface area contributed by atoms with Crippen LogP contribution in [0.2, 0.25) is 10.6 Å². The summed E-state index contributed by atoms with van der Waals surface area (Å²) < 4.78 is 232. The minimum atomic E-state index is -5.90. The Bertz CT molecular complexity index is 2740. The standard InChI is InChI=1S/C42H78N2O2.C24H5BF15O.2C2H5.Al/c1-3-5-7-9-11-13-15-17-19-21-23-25-27-29-31-33-39-43(41-35-37-42(38-36-41)44(45)46)40-34-32-30-28-26-24-22-20-18-16-14-12-10-8-6-4-2;26-10-7(11(27)17(33)22(38)16(10)32)25(5-3-1-2-4-6(5)41,8-12(28)18(34)23(39)19(35)13(8)29)9-14(30)20(36)24(40)21(37)15(9)31;2*1-2;/h35-38H,3-34,39-40H2,1-2H3;1-4,41H;2*1H2,2H3;/q;-1;;;+1. The molecule has 0 aliphatic rings. The first-order valence-corrected chi connectivity index (χ1v) is 35.9. The van der Waals surface area contributed by atoms with Gasteiger partial charge in [0, 0.05) is 30.0 Å². The van der Waals surface area contributed by atoms with Gasteiger partial charge in [-0.05, 0) is 31.7 Å². The van der Waals surface area contributed by atoms with Crippen molar-refractivity contribution in [2.45, 2.75) is 244 Å². The lowest BCUT2D eigenvalue weighted by atomic mass is 9.12. The molecule has 0 fully saturated rings. The molecule has 0 saturated heterocycles. The van der Waals surface area contributed by atoms with E-state index in [4.69, 9.17) is 3.79 Å². The number of hydrogen-bond acceptors (Lipinski definition) is 3. The first-order chi connectivity index (χ1) is 44.2. The Labute approximate surface area is 539 Å². The average molecular weight is 1330 g/mol. The van der Waals surface area contributed by atoms with Crippen LogP contribution in [0.5, 0.6) is 5.75 Å². The molecule has 0 radical (unpaired) electrons. The maximum atomic E-state index is 15.8. The van der Waals surface area contributed by atoms with Gasteiger partial charge in [0.15, 0.2) is 52.4 Å². The second kappa shape index (κ2) is 42.3. The van der Waals surface area contributed by atoms with Crippen LogP contribution >= 0.6 is 0 Å². The molecule has 0 amide bonds. The van der Waals surface area contributed by atoms with Crippen LogP contribution in [0.1, 0.15) is 233 Å². The normalized spacial score (nSPS) is 11.7. The summed E-state index contributed by atoms with van der Waals surface area (Å²) in [5.74, 6) is -46.7. The highest BCUT2D eigenvalue weighted by molar-refractivity contribution is 7.20. The van der Waals surface area contributed by atoms with E-state index >= 15 is 26.3 Å². The maximum absolute atomic E-state index is 15.8. The predicted molar refractivity (Wildman–Crippen MR) is 339 cm³/mol. The number of halogens is 15. The van der Waals surface area contributed by atoms with Crippen LogP contribution in [0, 0.1) is 97.4 Å². The molecule has 5 rings (SSSR count). The van der Waals surface area contributed by atoms with E-state index in [1.165, 1.54) is 230 Å². The molecule has 5 nitrogen and oxygen atoms in total. The number of para-hydroxylation sites is 1. The van der Waals surface area contributed by atoms with Crippen LogP contribution in [0.25, 0.3) is 0 Å². The number of non-ortho nitro benzene ring substituents is 1. The van der Waals surface area contributed by atoms with Crippen molar-refractivity contribution in [1.82, 2.24) is 0 Å². The van der Waals surface area contributed by atoms with Gasteiger partial charge in [-0.25, -0.2) is 65.9 Å². The van der Waals surface area contributed by atoms with Crippen LogP contribution in [-0.4, -0.2) is 38.6 Å². The molecular formula is C70H93AlBF15N2O3. The summed E-state index contributed by atoms with van der Waals surface area (Å²) in [5, 5.41) is 11.5. The number of nitrogens with zero attached hydrogens (tertiary/aromatic N) is 1. The summed E-state index contributed by atoms with van der Waals surface area (Å²) >= 11 is -2.63. The molecule has 92 heavy (non-hydrogen) atoms. The van der Waals surface area contributed by atoms with Crippen LogP contribution in [0.15, 0.2) is 48.5 Å². The Balaban J connectivity index is 0.000000392. The van der Waals surface area contributed by atoms with E-state index < -0.39 is 135 Å². The average Bonchev–Trinajstić information content (AvgIpc) is 0.690. The van der Waals surface area contributed by atoms with Gasteiger partial charge in [0.25, 0.3) is 5.69 Å². The number of nitro groups is 1. The first-order valence-electron chi connectivity index (χ1n) is 33.8. The van der Waals surface area contributed by atoms with Gasteiger partial charge in [-0.15, -0.1) is 16.4 Å². The third-order valence-corrected chi connectivity index (χ3v) is 20.2. The molecule has 5 aromatic carbocycles. The Morgan fingerprint density at radius 2 is 0.609 bits per heavy atom. The molecule has 512 valence electrons. The van der Waals surface area contributed by atoms with Gasteiger partial charge >= 0.3 is 14.5 Å². The number of nitro benzene ring substituents is 1.